The zero-order valence-corrected chi connectivity index (χ0v) is 7.93. The van der Waals surface area contributed by atoms with Gasteiger partial charge in [-0.05, 0) is 24.5 Å². The molecule has 0 amide bonds. The summed E-state index contributed by atoms with van der Waals surface area (Å²) in [6.45, 7) is 1.95. The number of alkyl halides is 3. The summed E-state index contributed by atoms with van der Waals surface area (Å²) in [5.74, 6) is 0. The van der Waals surface area contributed by atoms with Crippen LogP contribution in [0, 0.1) is 0 Å². The van der Waals surface area contributed by atoms with Gasteiger partial charge in [-0.3, -0.25) is 4.98 Å². The van der Waals surface area contributed by atoms with Crippen molar-refractivity contribution < 1.29 is 13.2 Å². The summed E-state index contributed by atoms with van der Waals surface area (Å²) < 4.78 is 37.3. The van der Waals surface area contributed by atoms with Gasteiger partial charge < -0.3 is 0 Å². The lowest BCUT2D eigenvalue weighted by atomic mass is 10.0. The van der Waals surface area contributed by atoms with E-state index in [4.69, 9.17) is 0 Å². The molecule has 14 heavy (non-hydrogen) atoms. The first-order valence-corrected chi connectivity index (χ1v) is 4.55. The van der Waals surface area contributed by atoms with Crippen LogP contribution in [0.5, 0.6) is 0 Å². The highest BCUT2D eigenvalue weighted by atomic mass is 19.4. The summed E-state index contributed by atoms with van der Waals surface area (Å²) in [5.41, 5.74) is -0.261. The second-order valence-electron chi connectivity index (χ2n) is 3.13. The Hall–Kier alpha value is -1.06. The fourth-order valence-electron chi connectivity index (χ4n) is 1.27. The molecule has 1 heterocycles. The van der Waals surface area contributed by atoms with Gasteiger partial charge >= 0.3 is 6.18 Å². The molecule has 0 aliphatic carbocycles. The molecule has 0 aliphatic heterocycles. The van der Waals surface area contributed by atoms with Crippen LogP contribution in [0.4, 0.5) is 13.2 Å². The molecule has 0 fully saturated rings. The van der Waals surface area contributed by atoms with Crippen molar-refractivity contribution in [2.75, 3.05) is 0 Å². The van der Waals surface area contributed by atoms with Gasteiger partial charge in [0.05, 0.1) is 5.56 Å². The zero-order valence-electron chi connectivity index (χ0n) is 7.93. The van der Waals surface area contributed by atoms with Gasteiger partial charge in [0.25, 0.3) is 0 Å². The Morgan fingerprint density at radius 2 is 2.07 bits per heavy atom. The molecule has 1 aromatic heterocycles. The molecule has 0 bridgehead atoms. The van der Waals surface area contributed by atoms with Gasteiger partial charge in [0, 0.05) is 12.4 Å². The van der Waals surface area contributed by atoms with Gasteiger partial charge in [0.15, 0.2) is 0 Å². The third-order valence-corrected chi connectivity index (χ3v) is 2.01. The lowest BCUT2D eigenvalue weighted by Crippen LogP contribution is -2.09. The number of nitrogens with zero attached hydrogens (tertiary/aromatic N) is 1. The second-order valence-corrected chi connectivity index (χ2v) is 3.13. The van der Waals surface area contributed by atoms with Gasteiger partial charge in [-0.2, -0.15) is 13.2 Å². The molecular weight excluding hydrogens is 191 g/mol. The van der Waals surface area contributed by atoms with E-state index in [1.807, 2.05) is 6.92 Å². The molecule has 0 saturated heterocycles. The van der Waals surface area contributed by atoms with E-state index in [2.05, 4.69) is 4.98 Å². The first-order chi connectivity index (χ1) is 6.55. The van der Waals surface area contributed by atoms with Crippen LogP contribution in [0.3, 0.4) is 0 Å². The molecule has 0 aromatic carbocycles. The van der Waals surface area contributed by atoms with Crippen LogP contribution in [0.1, 0.15) is 30.9 Å². The van der Waals surface area contributed by atoms with E-state index in [9.17, 15) is 13.2 Å². The van der Waals surface area contributed by atoms with Crippen LogP contribution >= 0.6 is 0 Å². The molecule has 1 rings (SSSR count). The van der Waals surface area contributed by atoms with Crippen molar-refractivity contribution in [1.29, 1.82) is 0 Å². The molecule has 1 nitrogen and oxygen atoms in total. The molecule has 0 radical (unpaired) electrons. The number of aromatic nitrogens is 1. The van der Waals surface area contributed by atoms with Gasteiger partial charge in [-0.25, -0.2) is 0 Å². The molecule has 4 heteroatoms. The number of unbranched alkanes of at least 4 members (excludes halogenated alkanes) is 1. The molecule has 78 valence electrons. The normalized spacial score (nSPS) is 11.7. The van der Waals surface area contributed by atoms with E-state index in [0.29, 0.717) is 12.0 Å². The minimum Gasteiger partial charge on any atom is -0.264 e. The summed E-state index contributed by atoms with van der Waals surface area (Å²) in [6.07, 6.45) is 0.308. The highest BCUT2D eigenvalue weighted by Gasteiger charge is 2.32. The van der Waals surface area contributed by atoms with Crippen LogP contribution in [-0.4, -0.2) is 4.98 Å². The zero-order chi connectivity index (χ0) is 10.6. The average Bonchev–Trinajstić information content (AvgIpc) is 2.14. The third kappa shape index (κ3) is 2.72. The maximum atomic E-state index is 12.4. The van der Waals surface area contributed by atoms with Crippen molar-refractivity contribution in [3.05, 3.63) is 29.6 Å². The average molecular weight is 203 g/mol. The Labute approximate surface area is 81.0 Å². The maximum Gasteiger partial charge on any atom is 0.416 e. The lowest BCUT2D eigenvalue weighted by Gasteiger charge is -2.11. The van der Waals surface area contributed by atoms with Crippen LogP contribution in [0.2, 0.25) is 0 Å². The Bertz CT molecular complexity index is 294. The molecule has 0 saturated carbocycles. The Balaban J connectivity index is 2.92. The van der Waals surface area contributed by atoms with Gasteiger partial charge in [0.1, 0.15) is 0 Å². The van der Waals surface area contributed by atoms with Crippen molar-refractivity contribution in [2.45, 2.75) is 32.4 Å². The molecule has 0 aliphatic rings. The van der Waals surface area contributed by atoms with E-state index in [0.717, 1.165) is 18.9 Å². The van der Waals surface area contributed by atoms with E-state index in [1.165, 1.54) is 12.4 Å². The molecule has 0 N–H and O–H groups in total. The second kappa shape index (κ2) is 4.44. The minimum atomic E-state index is -4.26. The molecule has 1 aromatic rings. The molecule has 0 atom stereocenters. The summed E-state index contributed by atoms with van der Waals surface area (Å²) in [7, 11) is 0. The lowest BCUT2D eigenvalue weighted by molar-refractivity contribution is -0.138. The van der Waals surface area contributed by atoms with Crippen molar-refractivity contribution >= 4 is 0 Å². The number of halogens is 3. The Morgan fingerprint density at radius 3 is 2.64 bits per heavy atom. The predicted molar refractivity (Wildman–Crippen MR) is 47.9 cm³/mol. The SMILES string of the molecule is CCCCc1cnccc1C(F)(F)F. The van der Waals surface area contributed by atoms with E-state index in [1.54, 1.807) is 0 Å². The Morgan fingerprint density at radius 1 is 1.36 bits per heavy atom. The smallest absolute Gasteiger partial charge is 0.264 e. The highest BCUT2D eigenvalue weighted by Crippen LogP contribution is 2.31. The Kier molecular flexibility index (Phi) is 3.49. The van der Waals surface area contributed by atoms with E-state index in [-0.39, 0.29) is 0 Å². The largest absolute Gasteiger partial charge is 0.416 e. The van der Waals surface area contributed by atoms with Crippen LogP contribution < -0.4 is 0 Å². The number of hydrogen-bond donors (Lipinski definition) is 0. The predicted octanol–water partition coefficient (Wildman–Crippen LogP) is 3.44. The van der Waals surface area contributed by atoms with E-state index >= 15 is 0 Å². The number of pyridine rings is 1. The van der Waals surface area contributed by atoms with Crippen molar-refractivity contribution in [3.8, 4) is 0 Å². The van der Waals surface area contributed by atoms with Crippen LogP contribution in [0.25, 0.3) is 0 Å². The fraction of sp³-hybridized carbons (Fsp3) is 0.500. The summed E-state index contributed by atoms with van der Waals surface area (Å²) in [6, 6.07) is 1.03. The number of hydrogen-bond acceptors (Lipinski definition) is 1. The third-order valence-electron chi connectivity index (χ3n) is 2.01. The fourth-order valence-corrected chi connectivity index (χ4v) is 1.27. The first-order valence-electron chi connectivity index (χ1n) is 4.55. The highest BCUT2D eigenvalue weighted by molar-refractivity contribution is 5.26. The molecule has 0 unspecified atom stereocenters. The summed E-state index contributed by atoms with van der Waals surface area (Å²) in [4.78, 5) is 3.71. The molecule has 0 spiro atoms. The van der Waals surface area contributed by atoms with Crippen LogP contribution in [0.15, 0.2) is 18.5 Å². The maximum absolute atomic E-state index is 12.4. The summed E-state index contributed by atoms with van der Waals surface area (Å²) in [5, 5.41) is 0. The van der Waals surface area contributed by atoms with Gasteiger partial charge in [-0.15, -0.1) is 0 Å². The standard InChI is InChI=1S/C10H12F3N/c1-2-3-4-8-7-14-6-5-9(8)10(11,12)13/h5-7H,2-4H2,1H3. The number of rotatable bonds is 3. The van der Waals surface area contributed by atoms with Crippen molar-refractivity contribution in [3.63, 3.8) is 0 Å². The van der Waals surface area contributed by atoms with Gasteiger partial charge in [0.2, 0.25) is 0 Å². The van der Waals surface area contributed by atoms with Crippen molar-refractivity contribution in [1.82, 2.24) is 4.98 Å². The van der Waals surface area contributed by atoms with E-state index < -0.39 is 11.7 Å². The van der Waals surface area contributed by atoms with Crippen LogP contribution in [-0.2, 0) is 12.6 Å². The van der Waals surface area contributed by atoms with Crippen molar-refractivity contribution in [2.24, 2.45) is 0 Å². The topological polar surface area (TPSA) is 12.9 Å². The summed E-state index contributed by atoms with van der Waals surface area (Å²) >= 11 is 0. The monoisotopic (exact) mass is 203 g/mol. The van der Waals surface area contributed by atoms with Gasteiger partial charge in [-0.1, -0.05) is 13.3 Å². The number of aryl methyl sites for hydroxylation is 1. The molecular formula is C10H12F3N. The first kappa shape index (κ1) is 11.0. The minimum absolute atomic E-state index is 0.293. The quantitative estimate of drug-likeness (QED) is 0.733.